The van der Waals surface area contributed by atoms with Crippen LogP contribution in [0.1, 0.15) is 380 Å². The number of hydrogen-bond donors (Lipinski definition) is 0. The van der Waals surface area contributed by atoms with E-state index in [1.165, 1.54) is 263 Å². The van der Waals surface area contributed by atoms with Crippen LogP contribution < -0.4 is 0 Å². The second-order valence-electron chi connectivity index (χ2n) is 23.5. The highest BCUT2D eigenvalue weighted by Crippen LogP contribution is 2.18. The van der Waals surface area contributed by atoms with Gasteiger partial charge in [-0.05, 0) is 57.8 Å². The molecule has 0 aromatic carbocycles. The fourth-order valence-corrected chi connectivity index (χ4v) is 10.5. The quantitative estimate of drug-likeness (QED) is 0.0261. The van der Waals surface area contributed by atoms with Crippen molar-refractivity contribution >= 4 is 17.9 Å². The molecule has 0 aromatic heterocycles. The lowest BCUT2D eigenvalue weighted by molar-refractivity contribution is -0.167. The summed E-state index contributed by atoms with van der Waals surface area (Å²) in [5.74, 6) is -0.857. The highest BCUT2D eigenvalue weighted by molar-refractivity contribution is 5.71. The Kier molecular flexibility index (Phi) is 64.1. The molecular formula is C71H132O6. The number of ether oxygens (including phenoxy) is 3. The van der Waals surface area contributed by atoms with Crippen LogP contribution in [0.15, 0.2) is 36.5 Å². The van der Waals surface area contributed by atoms with Crippen LogP contribution in [0.4, 0.5) is 0 Å². The maximum Gasteiger partial charge on any atom is 0.306 e. The van der Waals surface area contributed by atoms with Crippen LogP contribution in [0.25, 0.3) is 0 Å². The van der Waals surface area contributed by atoms with E-state index in [0.717, 1.165) is 77.0 Å². The Hall–Kier alpha value is -2.37. The maximum absolute atomic E-state index is 12.9. The molecule has 452 valence electrons. The lowest BCUT2D eigenvalue weighted by atomic mass is 10.0. The fourth-order valence-electron chi connectivity index (χ4n) is 10.5. The topological polar surface area (TPSA) is 78.9 Å². The molecule has 0 radical (unpaired) electrons. The predicted molar refractivity (Wildman–Crippen MR) is 335 cm³/mol. The Balaban J connectivity index is 4.22. The Bertz CT molecular complexity index is 1290. The lowest BCUT2D eigenvalue weighted by Crippen LogP contribution is -2.30. The standard InChI is InChI=1S/C71H132O6/c1-4-7-10-13-16-19-22-25-27-29-31-32-33-34-35-36-37-38-40-41-43-46-49-52-55-58-61-64-70(73)76-67-68(66-75-69(72)63-60-57-54-51-48-45-24-21-18-15-12-9-6-3)77-71(74)65-62-59-56-53-50-47-44-42-39-30-28-26-23-20-17-14-11-8-5-2/h17,20,26,28,39,42,68H,4-16,18-19,21-25,27,29-38,40-41,43-67H2,1-3H3/b20-17-,28-26-,42-39-. The van der Waals surface area contributed by atoms with Gasteiger partial charge in [0.05, 0.1) is 0 Å². The minimum absolute atomic E-state index is 0.0721. The van der Waals surface area contributed by atoms with E-state index in [2.05, 4.69) is 57.2 Å². The summed E-state index contributed by atoms with van der Waals surface area (Å²) in [6.07, 6.45) is 81.7. The van der Waals surface area contributed by atoms with E-state index in [4.69, 9.17) is 14.2 Å². The predicted octanol–water partition coefficient (Wildman–Crippen LogP) is 23.6. The molecule has 0 saturated carbocycles. The third-order valence-electron chi connectivity index (χ3n) is 15.6. The van der Waals surface area contributed by atoms with Crippen molar-refractivity contribution in [1.82, 2.24) is 0 Å². The first-order valence-corrected chi connectivity index (χ1v) is 34.5. The Morgan fingerprint density at radius 2 is 0.468 bits per heavy atom. The van der Waals surface area contributed by atoms with Gasteiger partial charge in [-0.25, -0.2) is 0 Å². The summed E-state index contributed by atoms with van der Waals surface area (Å²) in [5.41, 5.74) is 0. The van der Waals surface area contributed by atoms with Crippen molar-refractivity contribution in [1.29, 1.82) is 0 Å². The van der Waals surface area contributed by atoms with Gasteiger partial charge >= 0.3 is 17.9 Å². The number of unbranched alkanes of at least 4 members (excludes halogenated alkanes) is 47. The SMILES string of the molecule is CCCCC/C=C\C/C=C\C/C=C\CCCCCCCCC(=O)OC(COC(=O)CCCCCCCCCCCCCCC)COC(=O)CCCCCCCCCCCCCCCCCCCCCCCCCCCCC. The summed E-state index contributed by atoms with van der Waals surface area (Å²) < 4.78 is 17.0. The van der Waals surface area contributed by atoms with E-state index in [-0.39, 0.29) is 31.1 Å². The summed E-state index contributed by atoms with van der Waals surface area (Å²) in [5, 5.41) is 0. The molecule has 0 fully saturated rings. The minimum atomic E-state index is -0.776. The van der Waals surface area contributed by atoms with Gasteiger partial charge in [0.15, 0.2) is 6.10 Å². The van der Waals surface area contributed by atoms with E-state index in [1.807, 2.05) is 0 Å². The van der Waals surface area contributed by atoms with E-state index >= 15 is 0 Å². The smallest absolute Gasteiger partial charge is 0.306 e. The van der Waals surface area contributed by atoms with Gasteiger partial charge in [0.25, 0.3) is 0 Å². The first-order chi connectivity index (χ1) is 38.0. The second kappa shape index (κ2) is 66.1. The van der Waals surface area contributed by atoms with Crippen LogP contribution in [0.2, 0.25) is 0 Å². The number of esters is 3. The van der Waals surface area contributed by atoms with Gasteiger partial charge in [-0.15, -0.1) is 0 Å². The fraction of sp³-hybridized carbons (Fsp3) is 0.873. The molecule has 6 heteroatoms. The molecule has 6 nitrogen and oxygen atoms in total. The average molecular weight is 1080 g/mol. The van der Waals surface area contributed by atoms with Crippen LogP contribution in [-0.2, 0) is 28.6 Å². The van der Waals surface area contributed by atoms with Crippen molar-refractivity contribution in [2.45, 2.75) is 386 Å². The van der Waals surface area contributed by atoms with Crippen LogP contribution >= 0.6 is 0 Å². The van der Waals surface area contributed by atoms with Crippen molar-refractivity contribution in [3.8, 4) is 0 Å². The van der Waals surface area contributed by atoms with Crippen LogP contribution in [0, 0.1) is 0 Å². The number of rotatable bonds is 64. The van der Waals surface area contributed by atoms with Gasteiger partial charge < -0.3 is 14.2 Å². The number of carbonyl (C=O) groups excluding carboxylic acids is 3. The largest absolute Gasteiger partial charge is 0.462 e. The van der Waals surface area contributed by atoms with Crippen molar-refractivity contribution in [3.63, 3.8) is 0 Å². The van der Waals surface area contributed by atoms with Gasteiger partial charge in [-0.1, -0.05) is 340 Å². The van der Waals surface area contributed by atoms with Crippen molar-refractivity contribution in [3.05, 3.63) is 36.5 Å². The first kappa shape index (κ1) is 74.6. The van der Waals surface area contributed by atoms with Gasteiger partial charge in [0, 0.05) is 19.3 Å². The molecule has 0 aliphatic rings. The van der Waals surface area contributed by atoms with Crippen LogP contribution in [0.5, 0.6) is 0 Å². The molecule has 0 aliphatic heterocycles. The van der Waals surface area contributed by atoms with E-state index < -0.39 is 6.10 Å². The van der Waals surface area contributed by atoms with E-state index in [0.29, 0.717) is 19.3 Å². The molecule has 0 heterocycles. The first-order valence-electron chi connectivity index (χ1n) is 34.5. The number of hydrogen-bond acceptors (Lipinski definition) is 6. The molecule has 0 bridgehead atoms. The van der Waals surface area contributed by atoms with Gasteiger partial charge in [0.1, 0.15) is 13.2 Å². The van der Waals surface area contributed by atoms with Crippen LogP contribution in [-0.4, -0.2) is 37.2 Å². The molecule has 0 spiro atoms. The molecule has 77 heavy (non-hydrogen) atoms. The summed E-state index contributed by atoms with van der Waals surface area (Å²) in [7, 11) is 0. The zero-order chi connectivity index (χ0) is 55.7. The minimum Gasteiger partial charge on any atom is -0.462 e. The Morgan fingerprint density at radius 3 is 0.753 bits per heavy atom. The third-order valence-corrected chi connectivity index (χ3v) is 15.6. The second-order valence-corrected chi connectivity index (χ2v) is 23.5. The highest BCUT2D eigenvalue weighted by atomic mass is 16.6. The van der Waals surface area contributed by atoms with Crippen molar-refractivity contribution in [2.24, 2.45) is 0 Å². The molecular weight excluding hydrogens is 949 g/mol. The van der Waals surface area contributed by atoms with E-state index in [9.17, 15) is 14.4 Å². The maximum atomic E-state index is 12.9. The van der Waals surface area contributed by atoms with E-state index in [1.54, 1.807) is 0 Å². The summed E-state index contributed by atoms with van der Waals surface area (Å²) in [4.78, 5) is 38.4. The Labute approximate surface area is 480 Å². The molecule has 0 aliphatic carbocycles. The van der Waals surface area contributed by atoms with Crippen LogP contribution in [0.3, 0.4) is 0 Å². The molecule has 0 N–H and O–H groups in total. The third kappa shape index (κ3) is 64.3. The average Bonchev–Trinajstić information content (AvgIpc) is 3.43. The molecule has 0 rings (SSSR count). The molecule has 1 atom stereocenters. The van der Waals surface area contributed by atoms with Crippen molar-refractivity contribution < 1.29 is 28.6 Å². The number of allylic oxidation sites excluding steroid dienone is 6. The van der Waals surface area contributed by atoms with Gasteiger partial charge in [0.2, 0.25) is 0 Å². The lowest BCUT2D eigenvalue weighted by Gasteiger charge is -2.18. The molecule has 1 unspecified atom stereocenters. The zero-order valence-corrected chi connectivity index (χ0v) is 52.0. The van der Waals surface area contributed by atoms with Gasteiger partial charge in [-0.3, -0.25) is 14.4 Å². The monoisotopic (exact) mass is 1080 g/mol. The van der Waals surface area contributed by atoms with Gasteiger partial charge in [-0.2, -0.15) is 0 Å². The summed E-state index contributed by atoms with van der Waals surface area (Å²) in [6, 6.07) is 0. The van der Waals surface area contributed by atoms with Crippen molar-refractivity contribution in [2.75, 3.05) is 13.2 Å². The summed E-state index contributed by atoms with van der Waals surface area (Å²) >= 11 is 0. The number of carbonyl (C=O) groups is 3. The Morgan fingerprint density at radius 1 is 0.260 bits per heavy atom. The summed E-state index contributed by atoms with van der Waals surface area (Å²) in [6.45, 7) is 6.67. The normalized spacial score (nSPS) is 12.2. The zero-order valence-electron chi connectivity index (χ0n) is 52.0. The highest BCUT2D eigenvalue weighted by Gasteiger charge is 2.19. The molecule has 0 amide bonds. The molecule has 0 aromatic rings. The molecule has 0 saturated heterocycles.